The van der Waals surface area contributed by atoms with E-state index in [2.05, 4.69) is 22.2 Å². The van der Waals surface area contributed by atoms with Crippen LogP contribution in [0.5, 0.6) is 0 Å². The van der Waals surface area contributed by atoms with Gasteiger partial charge in [-0.05, 0) is 18.1 Å². The summed E-state index contributed by atoms with van der Waals surface area (Å²) < 4.78 is 0. The van der Waals surface area contributed by atoms with Crippen LogP contribution in [0.4, 0.5) is 0 Å². The second-order valence-corrected chi connectivity index (χ2v) is 4.07. The molecule has 1 aromatic rings. The van der Waals surface area contributed by atoms with Gasteiger partial charge in [0.1, 0.15) is 11.0 Å². The van der Waals surface area contributed by atoms with Crippen LogP contribution < -0.4 is 5.32 Å². The van der Waals surface area contributed by atoms with Crippen LogP contribution in [0.25, 0.3) is 0 Å². The van der Waals surface area contributed by atoms with Crippen molar-refractivity contribution < 1.29 is 0 Å². The van der Waals surface area contributed by atoms with E-state index in [-0.39, 0.29) is 5.92 Å². The monoisotopic (exact) mass is 223 g/mol. The zero-order valence-electron chi connectivity index (χ0n) is 8.70. The van der Waals surface area contributed by atoms with Crippen molar-refractivity contribution in [3.05, 3.63) is 29.0 Å². The van der Waals surface area contributed by atoms with E-state index < -0.39 is 0 Å². The molecule has 80 valence electrons. The third kappa shape index (κ3) is 2.48. The summed E-state index contributed by atoms with van der Waals surface area (Å²) in [4.78, 5) is 8.55. The topological polar surface area (TPSA) is 37.3 Å². The van der Waals surface area contributed by atoms with Gasteiger partial charge in [0.2, 0.25) is 0 Å². The van der Waals surface area contributed by atoms with E-state index >= 15 is 0 Å². The van der Waals surface area contributed by atoms with Gasteiger partial charge in [-0.25, -0.2) is 4.98 Å². The number of hydrogen-bond acceptors (Lipinski definition) is 3. The zero-order chi connectivity index (χ0) is 10.7. The predicted molar refractivity (Wildman–Crippen MR) is 62.6 cm³/mol. The molecule has 15 heavy (non-hydrogen) atoms. The maximum absolute atomic E-state index is 5.75. The van der Waals surface area contributed by atoms with Crippen molar-refractivity contribution in [1.82, 2.24) is 10.3 Å². The number of rotatable bonds is 2. The highest BCUT2D eigenvalue weighted by molar-refractivity contribution is 6.29. The fourth-order valence-electron chi connectivity index (χ4n) is 1.64. The van der Waals surface area contributed by atoms with Crippen molar-refractivity contribution >= 4 is 17.4 Å². The third-order valence-corrected chi connectivity index (χ3v) is 2.81. The van der Waals surface area contributed by atoms with Crippen molar-refractivity contribution in [2.75, 3.05) is 13.1 Å². The van der Waals surface area contributed by atoms with E-state index in [1.54, 1.807) is 0 Å². The molecule has 0 aromatic carbocycles. The van der Waals surface area contributed by atoms with E-state index in [1.165, 1.54) is 0 Å². The molecule has 0 saturated carbocycles. The smallest absolute Gasteiger partial charge is 0.129 e. The number of halogens is 1. The second kappa shape index (κ2) is 4.62. The molecule has 4 heteroatoms. The molecule has 0 saturated heterocycles. The van der Waals surface area contributed by atoms with Crippen molar-refractivity contribution in [3.63, 3.8) is 0 Å². The molecule has 1 aliphatic rings. The van der Waals surface area contributed by atoms with Gasteiger partial charge < -0.3 is 5.32 Å². The molecule has 3 nitrogen and oxygen atoms in total. The summed E-state index contributed by atoms with van der Waals surface area (Å²) in [6.45, 7) is 4.07. The van der Waals surface area contributed by atoms with Crippen LogP contribution in [0.2, 0.25) is 5.15 Å². The largest absolute Gasteiger partial charge is 0.373 e. The van der Waals surface area contributed by atoms with Crippen LogP contribution in [-0.2, 0) is 0 Å². The maximum Gasteiger partial charge on any atom is 0.129 e. The van der Waals surface area contributed by atoms with Gasteiger partial charge in [0, 0.05) is 25.2 Å². The second-order valence-electron chi connectivity index (χ2n) is 3.68. The normalized spacial score (nSPS) is 17.9. The number of amidine groups is 1. The number of aliphatic imine (C=N–C) groups is 1. The number of pyridine rings is 1. The highest BCUT2D eigenvalue weighted by atomic mass is 35.5. The lowest BCUT2D eigenvalue weighted by molar-refractivity contribution is 0.713. The minimum atomic E-state index is 0.273. The lowest BCUT2D eigenvalue weighted by atomic mass is 10.0. The van der Waals surface area contributed by atoms with Crippen LogP contribution in [0.1, 0.15) is 24.8 Å². The van der Waals surface area contributed by atoms with Crippen LogP contribution in [0.15, 0.2) is 23.3 Å². The Kier molecular flexibility index (Phi) is 3.21. The first kappa shape index (κ1) is 10.4. The molecule has 1 aliphatic heterocycles. The Balaban J connectivity index is 2.16. The average molecular weight is 224 g/mol. The zero-order valence-corrected chi connectivity index (χ0v) is 9.46. The quantitative estimate of drug-likeness (QED) is 0.781. The third-order valence-electron chi connectivity index (χ3n) is 2.58. The van der Waals surface area contributed by atoms with Gasteiger partial charge in [-0.3, -0.25) is 4.99 Å². The summed E-state index contributed by atoms with van der Waals surface area (Å²) in [5.41, 5.74) is 1.15. The highest BCUT2D eigenvalue weighted by Gasteiger charge is 2.14. The Labute approximate surface area is 94.6 Å². The lowest BCUT2D eigenvalue weighted by Crippen LogP contribution is -2.33. The molecule has 2 rings (SSSR count). The Morgan fingerprint density at radius 3 is 2.93 bits per heavy atom. The first-order chi connectivity index (χ1) is 7.27. The number of aromatic nitrogens is 1. The molecule has 1 N–H and O–H groups in total. The molecule has 0 amide bonds. The molecular weight excluding hydrogens is 210 g/mol. The number of nitrogens with one attached hydrogen (secondary N) is 1. The molecule has 0 aliphatic carbocycles. The van der Waals surface area contributed by atoms with E-state index in [0.717, 1.165) is 30.9 Å². The van der Waals surface area contributed by atoms with Crippen LogP contribution in [-0.4, -0.2) is 23.9 Å². The molecule has 0 fully saturated rings. The standard InChI is InChI=1S/C11H14ClN3/c1-8(11-13-5-2-6-14-11)9-3-4-10(12)15-7-9/h3-4,7-8H,2,5-6H2,1H3,(H,13,14). The van der Waals surface area contributed by atoms with Crippen molar-refractivity contribution in [3.8, 4) is 0 Å². The minimum absolute atomic E-state index is 0.273. The van der Waals surface area contributed by atoms with Gasteiger partial charge in [0.25, 0.3) is 0 Å². The number of nitrogens with zero attached hydrogens (tertiary/aromatic N) is 2. The van der Waals surface area contributed by atoms with Gasteiger partial charge in [-0.2, -0.15) is 0 Å². The van der Waals surface area contributed by atoms with Crippen molar-refractivity contribution in [2.24, 2.45) is 4.99 Å². The van der Waals surface area contributed by atoms with Crippen LogP contribution in [0, 0.1) is 0 Å². The Morgan fingerprint density at radius 1 is 1.47 bits per heavy atom. The molecular formula is C11H14ClN3. The summed E-state index contributed by atoms with van der Waals surface area (Å²) >= 11 is 5.75. The van der Waals surface area contributed by atoms with Gasteiger partial charge in [0.15, 0.2) is 0 Å². The Bertz CT molecular complexity index is 359. The van der Waals surface area contributed by atoms with E-state index in [4.69, 9.17) is 11.6 Å². The van der Waals surface area contributed by atoms with Gasteiger partial charge in [0.05, 0.1) is 0 Å². The fraction of sp³-hybridized carbons (Fsp3) is 0.455. The SMILES string of the molecule is CC(C1=NCCCN1)c1ccc(Cl)nc1. The molecule has 0 spiro atoms. The molecule has 0 bridgehead atoms. The van der Waals surface area contributed by atoms with E-state index in [0.29, 0.717) is 5.15 Å². The molecule has 1 atom stereocenters. The van der Waals surface area contributed by atoms with Gasteiger partial charge in [-0.15, -0.1) is 0 Å². The summed E-state index contributed by atoms with van der Waals surface area (Å²) in [7, 11) is 0. The predicted octanol–water partition coefficient (Wildman–Crippen LogP) is 2.23. The number of hydrogen-bond donors (Lipinski definition) is 1. The molecule has 2 heterocycles. The Hall–Kier alpha value is -1.09. The van der Waals surface area contributed by atoms with Crippen LogP contribution in [0.3, 0.4) is 0 Å². The summed E-state index contributed by atoms with van der Waals surface area (Å²) in [5.74, 6) is 1.33. The van der Waals surface area contributed by atoms with Gasteiger partial charge >= 0.3 is 0 Å². The Morgan fingerprint density at radius 2 is 2.33 bits per heavy atom. The van der Waals surface area contributed by atoms with E-state index in [1.807, 2.05) is 18.3 Å². The van der Waals surface area contributed by atoms with Gasteiger partial charge in [-0.1, -0.05) is 24.6 Å². The minimum Gasteiger partial charge on any atom is -0.373 e. The first-order valence-electron chi connectivity index (χ1n) is 5.17. The molecule has 1 unspecified atom stereocenters. The summed E-state index contributed by atoms with van der Waals surface area (Å²) in [6.07, 6.45) is 2.93. The first-order valence-corrected chi connectivity index (χ1v) is 5.55. The maximum atomic E-state index is 5.75. The summed E-state index contributed by atoms with van der Waals surface area (Å²) in [6, 6.07) is 3.82. The summed E-state index contributed by atoms with van der Waals surface area (Å²) in [5, 5.41) is 3.85. The molecule has 0 radical (unpaired) electrons. The van der Waals surface area contributed by atoms with E-state index in [9.17, 15) is 0 Å². The highest BCUT2D eigenvalue weighted by Crippen LogP contribution is 2.17. The lowest BCUT2D eigenvalue weighted by Gasteiger charge is -2.20. The average Bonchev–Trinajstić information content (AvgIpc) is 2.30. The molecule has 1 aromatic heterocycles. The van der Waals surface area contributed by atoms with Crippen molar-refractivity contribution in [1.29, 1.82) is 0 Å². The van der Waals surface area contributed by atoms with Crippen molar-refractivity contribution in [2.45, 2.75) is 19.3 Å². The van der Waals surface area contributed by atoms with Crippen LogP contribution >= 0.6 is 11.6 Å². The fourth-order valence-corrected chi connectivity index (χ4v) is 1.75.